The van der Waals surface area contributed by atoms with Crippen molar-refractivity contribution in [1.29, 1.82) is 0 Å². The zero-order valence-electron chi connectivity index (χ0n) is 9.90. The lowest BCUT2D eigenvalue weighted by molar-refractivity contribution is 0.115. The normalized spacial score (nSPS) is 19.6. The van der Waals surface area contributed by atoms with Gasteiger partial charge in [-0.2, -0.15) is 0 Å². The standard InChI is InChI=1S/C12H16ClN3O2/c13-8-4-5-9(14)10(7-8)15-11-3-1-2-6-16(11)12(17)18/h4-5,7,11,15H,1-3,6,14H2,(H,17,18). The molecule has 1 aliphatic heterocycles. The Labute approximate surface area is 111 Å². The summed E-state index contributed by atoms with van der Waals surface area (Å²) in [5.41, 5.74) is 7.09. The summed E-state index contributed by atoms with van der Waals surface area (Å²) in [6, 6.07) is 5.13. The predicted octanol–water partition coefficient (Wildman–Crippen LogP) is 2.82. The molecule has 1 saturated heterocycles. The van der Waals surface area contributed by atoms with E-state index in [4.69, 9.17) is 22.4 Å². The average molecular weight is 270 g/mol. The molecule has 1 heterocycles. The Morgan fingerprint density at radius 2 is 2.28 bits per heavy atom. The van der Waals surface area contributed by atoms with E-state index in [0.717, 1.165) is 19.3 Å². The summed E-state index contributed by atoms with van der Waals surface area (Å²) in [6.07, 6.45) is 1.53. The molecule has 0 aliphatic carbocycles. The topological polar surface area (TPSA) is 78.6 Å². The van der Waals surface area contributed by atoms with Gasteiger partial charge in [0.15, 0.2) is 0 Å². The molecule has 0 bridgehead atoms. The highest BCUT2D eigenvalue weighted by Crippen LogP contribution is 2.26. The maximum Gasteiger partial charge on any atom is 0.408 e. The van der Waals surface area contributed by atoms with Crippen molar-refractivity contribution >= 4 is 29.1 Å². The van der Waals surface area contributed by atoms with Crippen LogP contribution in [0.15, 0.2) is 18.2 Å². The van der Waals surface area contributed by atoms with E-state index in [1.165, 1.54) is 4.90 Å². The second-order valence-electron chi connectivity index (χ2n) is 4.36. The number of nitrogen functional groups attached to an aromatic ring is 1. The van der Waals surface area contributed by atoms with Crippen LogP contribution in [0.25, 0.3) is 0 Å². The minimum Gasteiger partial charge on any atom is -0.465 e. The highest BCUT2D eigenvalue weighted by molar-refractivity contribution is 6.31. The lowest BCUT2D eigenvalue weighted by Crippen LogP contribution is -2.47. The number of amides is 1. The molecule has 1 aliphatic rings. The Balaban J connectivity index is 2.15. The lowest BCUT2D eigenvalue weighted by atomic mass is 10.1. The second kappa shape index (κ2) is 5.35. The molecule has 1 aromatic carbocycles. The SMILES string of the molecule is Nc1ccc(Cl)cc1NC1CCCCN1C(=O)O. The fourth-order valence-electron chi connectivity index (χ4n) is 2.14. The third-order valence-corrected chi connectivity index (χ3v) is 3.32. The molecule has 5 nitrogen and oxygen atoms in total. The number of likely N-dealkylation sites (tertiary alicyclic amines) is 1. The summed E-state index contributed by atoms with van der Waals surface area (Å²) < 4.78 is 0. The maximum atomic E-state index is 11.1. The molecule has 18 heavy (non-hydrogen) atoms. The van der Waals surface area contributed by atoms with E-state index in [2.05, 4.69) is 5.32 Å². The van der Waals surface area contributed by atoms with Crippen molar-refractivity contribution in [2.24, 2.45) is 0 Å². The third-order valence-electron chi connectivity index (χ3n) is 3.09. The van der Waals surface area contributed by atoms with E-state index in [1.54, 1.807) is 18.2 Å². The highest BCUT2D eigenvalue weighted by Gasteiger charge is 2.26. The largest absolute Gasteiger partial charge is 0.465 e. The van der Waals surface area contributed by atoms with E-state index >= 15 is 0 Å². The van der Waals surface area contributed by atoms with E-state index in [1.807, 2.05) is 0 Å². The number of hydrogen-bond donors (Lipinski definition) is 3. The number of hydrogen-bond acceptors (Lipinski definition) is 3. The summed E-state index contributed by atoms with van der Waals surface area (Å²) in [6.45, 7) is 0.549. The van der Waals surface area contributed by atoms with Crippen molar-refractivity contribution in [3.05, 3.63) is 23.2 Å². The second-order valence-corrected chi connectivity index (χ2v) is 4.80. The molecule has 1 amide bonds. The average Bonchev–Trinajstić information content (AvgIpc) is 2.34. The van der Waals surface area contributed by atoms with Gasteiger partial charge in [0.25, 0.3) is 0 Å². The molecule has 0 saturated carbocycles. The number of halogens is 1. The predicted molar refractivity (Wildman–Crippen MR) is 71.9 cm³/mol. The molecule has 98 valence electrons. The first kappa shape index (κ1) is 12.8. The van der Waals surface area contributed by atoms with Crippen molar-refractivity contribution < 1.29 is 9.90 Å². The minimum absolute atomic E-state index is 0.239. The molecule has 0 radical (unpaired) electrons. The van der Waals surface area contributed by atoms with Gasteiger partial charge in [-0.25, -0.2) is 4.79 Å². The Morgan fingerprint density at radius 3 is 3.00 bits per heavy atom. The molecule has 1 unspecified atom stereocenters. The van der Waals surface area contributed by atoms with Gasteiger partial charge in [0.1, 0.15) is 6.17 Å². The summed E-state index contributed by atoms with van der Waals surface area (Å²) >= 11 is 5.91. The van der Waals surface area contributed by atoms with E-state index < -0.39 is 6.09 Å². The van der Waals surface area contributed by atoms with Crippen LogP contribution in [0.4, 0.5) is 16.2 Å². The zero-order chi connectivity index (χ0) is 13.1. The fourth-order valence-corrected chi connectivity index (χ4v) is 2.32. The third kappa shape index (κ3) is 2.79. The molecule has 1 aromatic rings. The molecular weight excluding hydrogens is 254 g/mol. The summed E-state index contributed by atoms with van der Waals surface area (Å²) in [5.74, 6) is 0. The summed E-state index contributed by atoms with van der Waals surface area (Å²) in [5, 5.41) is 12.9. The number of piperidine rings is 1. The number of carbonyl (C=O) groups is 1. The van der Waals surface area contributed by atoms with Gasteiger partial charge in [-0.3, -0.25) is 4.90 Å². The van der Waals surface area contributed by atoms with Gasteiger partial charge in [0.2, 0.25) is 0 Å². The Hall–Kier alpha value is -1.62. The molecule has 1 fully saturated rings. The lowest BCUT2D eigenvalue weighted by Gasteiger charge is -2.34. The van der Waals surface area contributed by atoms with E-state index in [0.29, 0.717) is 22.9 Å². The zero-order valence-corrected chi connectivity index (χ0v) is 10.7. The van der Waals surface area contributed by atoms with Crippen molar-refractivity contribution in [2.45, 2.75) is 25.4 Å². The van der Waals surface area contributed by atoms with Gasteiger partial charge in [0, 0.05) is 11.6 Å². The van der Waals surface area contributed by atoms with Crippen LogP contribution in [0.1, 0.15) is 19.3 Å². The number of anilines is 2. The van der Waals surface area contributed by atoms with Crippen LogP contribution in [0, 0.1) is 0 Å². The van der Waals surface area contributed by atoms with Crippen LogP contribution in [-0.2, 0) is 0 Å². The Kier molecular flexibility index (Phi) is 3.81. The Bertz CT molecular complexity index is 453. The highest BCUT2D eigenvalue weighted by atomic mass is 35.5. The maximum absolute atomic E-state index is 11.1. The number of carboxylic acid groups (broad SMARTS) is 1. The molecule has 0 spiro atoms. The fraction of sp³-hybridized carbons (Fsp3) is 0.417. The first-order chi connectivity index (χ1) is 8.58. The van der Waals surface area contributed by atoms with Crippen LogP contribution in [0.5, 0.6) is 0 Å². The van der Waals surface area contributed by atoms with Gasteiger partial charge in [-0.05, 0) is 37.5 Å². The van der Waals surface area contributed by atoms with Gasteiger partial charge in [-0.15, -0.1) is 0 Å². The number of nitrogens with zero attached hydrogens (tertiary/aromatic N) is 1. The van der Waals surface area contributed by atoms with Crippen LogP contribution < -0.4 is 11.1 Å². The van der Waals surface area contributed by atoms with E-state index in [-0.39, 0.29) is 6.17 Å². The van der Waals surface area contributed by atoms with Crippen LogP contribution >= 0.6 is 11.6 Å². The summed E-state index contributed by atoms with van der Waals surface area (Å²) in [4.78, 5) is 12.5. The first-order valence-electron chi connectivity index (χ1n) is 5.89. The molecule has 2 rings (SSSR count). The minimum atomic E-state index is -0.909. The van der Waals surface area contributed by atoms with Crippen molar-refractivity contribution in [1.82, 2.24) is 4.90 Å². The molecule has 6 heteroatoms. The monoisotopic (exact) mass is 269 g/mol. The quantitative estimate of drug-likeness (QED) is 0.722. The van der Waals surface area contributed by atoms with Gasteiger partial charge < -0.3 is 16.2 Å². The summed E-state index contributed by atoms with van der Waals surface area (Å²) in [7, 11) is 0. The van der Waals surface area contributed by atoms with Gasteiger partial charge in [-0.1, -0.05) is 11.6 Å². The smallest absolute Gasteiger partial charge is 0.408 e. The van der Waals surface area contributed by atoms with Crippen molar-refractivity contribution in [2.75, 3.05) is 17.6 Å². The number of nitrogens with one attached hydrogen (secondary N) is 1. The first-order valence-corrected chi connectivity index (χ1v) is 6.27. The molecular formula is C12H16ClN3O2. The molecule has 1 atom stereocenters. The number of nitrogens with two attached hydrogens (primary N) is 1. The number of rotatable bonds is 2. The van der Waals surface area contributed by atoms with Gasteiger partial charge >= 0.3 is 6.09 Å². The number of benzene rings is 1. The van der Waals surface area contributed by atoms with E-state index in [9.17, 15) is 4.79 Å². The van der Waals surface area contributed by atoms with Gasteiger partial charge in [0.05, 0.1) is 11.4 Å². The molecule has 4 N–H and O–H groups in total. The van der Waals surface area contributed by atoms with Crippen LogP contribution in [0.2, 0.25) is 5.02 Å². The van der Waals surface area contributed by atoms with Crippen LogP contribution in [-0.4, -0.2) is 28.8 Å². The Morgan fingerprint density at radius 1 is 1.50 bits per heavy atom. The molecule has 0 aromatic heterocycles. The van der Waals surface area contributed by atoms with Crippen molar-refractivity contribution in [3.63, 3.8) is 0 Å². The van der Waals surface area contributed by atoms with Crippen molar-refractivity contribution in [3.8, 4) is 0 Å². The van der Waals surface area contributed by atoms with Crippen LogP contribution in [0.3, 0.4) is 0 Å².